The first kappa shape index (κ1) is 14.0. The van der Waals surface area contributed by atoms with Crippen molar-refractivity contribution in [2.24, 2.45) is 0 Å². The van der Waals surface area contributed by atoms with E-state index >= 15 is 0 Å². The first-order valence-electron chi connectivity index (χ1n) is 4.25. The van der Waals surface area contributed by atoms with Gasteiger partial charge < -0.3 is 4.90 Å². The van der Waals surface area contributed by atoms with Crippen LogP contribution in [0.3, 0.4) is 0 Å². The van der Waals surface area contributed by atoms with Crippen LogP contribution in [0.5, 0.6) is 0 Å². The van der Waals surface area contributed by atoms with Crippen molar-refractivity contribution in [1.29, 1.82) is 0 Å². The Morgan fingerprint density at radius 1 is 1.33 bits per heavy atom. The van der Waals surface area contributed by atoms with E-state index in [2.05, 4.69) is 0 Å². The molecule has 0 aliphatic rings. The number of nitrogens with zero attached hydrogens (tertiary/aromatic N) is 1. The molecule has 0 unspecified atom stereocenters. The van der Waals surface area contributed by atoms with E-state index in [1.54, 1.807) is 35.4 Å². The van der Waals surface area contributed by atoms with Crippen LogP contribution in [-0.2, 0) is 0 Å². The van der Waals surface area contributed by atoms with Crippen molar-refractivity contribution in [1.82, 2.24) is 4.90 Å². The van der Waals surface area contributed by atoms with Crippen LogP contribution in [0.2, 0.25) is 5.02 Å². The first-order valence-corrected chi connectivity index (χ1v) is 4.62. The number of benzene rings is 1. The molecule has 15 heavy (non-hydrogen) atoms. The molecule has 0 saturated carbocycles. The van der Waals surface area contributed by atoms with Crippen LogP contribution in [0.4, 0.5) is 0 Å². The van der Waals surface area contributed by atoms with Crippen LogP contribution in [0.1, 0.15) is 10.4 Å². The van der Waals surface area contributed by atoms with Crippen molar-refractivity contribution in [3.8, 4) is 0 Å². The van der Waals surface area contributed by atoms with Crippen molar-refractivity contribution >= 4 is 29.8 Å². The molecule has 0 atom stereocenters. The van der Waals surface area contributed by atoms with Crippen LogP contribution in [-0.4, -0.2) is 24.8 Å². The Morgan fingerprint density at radius 3 is 2.47 bits per heavy atom. The van der Waals surface area contributed by atoms with E-state index in [0.29, 0.717) is 10.6 Å². The van der Waals surface area contributed by atoms with E-state index in [-0.39, 0.29) is 18.2 Å². The lowest BCUT2D eigenvalue weighted by molar-refractivity contribution is 0.104. The van der Waals surface area contributed by atoms with Gasteiger partial charge in [0.1, 0.15) is 0 Å². The molecule has 0 aliphatic heterocycles. The second-order valence-corrected chi connectivity index (χ2v) is 3.53. The summed E-state index contributed by atoms with van der Waals surface area (Å²) in [5, 5.41) is 0.487. The van der Waals surface area contributed by atoms with Gasteiger partial charge in [-0.05, 0) is 12.1 Å². The van der Waals surface area contributed by atoms with Crippen LogP contribution in [0.25, 0.3) is 0 Å². The molecule has 1 aromatic carbocycles. The summed E-state index contributed by atoms with van der Waals surface area (Å²) in [4.78, 5) is 13.4. The standard InChI is InChI=1S/C11H12ClNO.ClH/c1-13(2)8-7-11(14)9-5-3-4-6-10(9)12;/h3-8H,1-2H3;1H/b8-7+;. The third kappa shape index (κ3) is 4.36. The van der Waals surface area contributed by atoms with Crippen LogP contribution in [0, 0.1) is 0 Å². The average molecular weight is 246 g/mol. The normalized spacial score (nSPS) is 9.80. The zero-order valence-corrected chi connectivity index (χ0v) is 10.2. The molecule has 1 rings (SSSR count). The van der Waals surface area contributed by atoms with Gasteiger partial charge in [-0.3, -0.25) is 4.79 Å². The molecule has 1 aromatic rings. The summed E-state index contributed by atoms with van der Waals surface area (Å²) < 4.78 is 0. The molecular formula is C11H13Cl2NO. The van der Waals surface area contributed by atoms with Crippen molar-refractivity contribution in [3.05, 3.63) is 47.1 Å². The maximum Gasteiger partial charge on any atom is 0.188 e. The SMILES string of the molecule is CN(C)/C=C/C(=O)c1ccccc1Cl.Cl. The molecule has 0 N–H and O–H groups in total. The Bertz CT molecular complexity index is 361. The van der Waals surface area contributed by atoms with Gasteiger partial charge in [-0.1, -0.05) is 23.7 Å². The van der Waals surface area contributed by atoms with E-state index in [9.17, 15) is 4.79 Å². The highest BCUT2D eigenvalue weighted by molar-refractivity contribution is 6.34. The molecule has 82 valence electrons. The highest BCUT2D eigenvalue weighted by Crippen LogP contribution is 2.15. The van der Waals surface area contributed by atoms with Gasteiger partial charge >= 0.3 is 0 Å². The zero-order chi connectivity index (χ0) is 10.6. The Kier molecular flexibility index (Phi) is 6.06. The summed E-state index contributed by atoms with van der Waals surface area (Å²) in [7, 11) is 3.72. The monoisotopic (exact) mass is 245 g/mol. The molecule has 2 nitrogen and oxygen atoms in total. The van der Waals surface area contributed by atoms with Gasteiger partial charge in [0.25, 0.3) is 0 Å². The molecule has 0 aliphatic carbocycles. The number of ketones is 1. The second kappa shape index (κ2) is 6.49. The molecule has 0 bridgehead atoms. The Hall–Kier alpha value is -0.990. The largest absolute Gasteiger partial charge is 0.383 e. The lowest BCUT2D eigenvalue weighted by Crippen LogP contribution is -2.03. The molecular weight excluding hydrogens is 233 g/mol. The van der Waals surface area contributed by atoms with E-state index in [4.69, 9.17) is 11.6 Å². The predicted octanol–water partition coefficient (Wildman–Crippen LogP) is 3.02. The highest BCUT2D eigenvalue weighted by atomic mass is 35.5. The number of rotatable bonds is 3. The fourth-order valence-corrected chi connectivity index (χ4v) is 1.20. The lowest BCUT2D eigenvalue weighted by Gasteiger charge is -2.03. The fraction of sp³-hybridized carbons (Fsp3) is 0.182. The minimum Gasteiger partial charge on any atom is -0.383 e. The third-order valence-electron chi connectivity index (χ3n) is 1.66. The number of hydrogen-bond donors (Lipinski definition) is 0. The van der Waals surface area contributed by atoms with Crippen molar-refractivity contribution < 1.29 is 4.79 Å². The molecule has 4 heteroatoms. The summed E-state index contributed by atoms with van der Waals surface area (Å²) in [6.07, 6.45) is 3.20. The smallest absolute Gasteiger partial charge is 0.188 e. The minimum atomic E-state index is -0.0794. The fourth-order valence-electron chi connectivity index (χ4n) is 0.968. The maximum atomic E-state index is 11.6. The number of carbonyl (C=O) groups is 1. The zero-order valence-electron chi connectivity index (χ0n) is 8.61. The van der Waals surface area contributed by atoms with Crippen molar-refractivity contribution in [2.75, 3.05) is 14.1 Å². The molecule has 0 aromatic heterocycles. The Labute approximate surface area is 101 Å². The number of carbonyl (C=O) groups excluding carboxylic acids is 1. The topological polar surface area (TPSA) is 20.3 Å². The number of halogens is 2. The maximum absolute atomic E-state index is 11.6. The highest BCUT2D eigenvalue weighted by Gasteiger charge is 2.05. The molecule has 0 saturated heterocycles. The molecule has 0 radical (unpaired) electrons. The van der Waals surface area contributed by atoms with Gasteiger partial charge in [-0.15, -0.1) is 12.4 Å². The van der Waals surface area contributed by atoms with Gasteiger partial charge in [0, 0.05) is 31.9 Å². The average Bonchev–Trinajstić information content (AvgIpc) is 2.15. The van der Waals surface area contributed by atoms with E-state index in [0.717, 1.165) is 0 Å². The lowest BCUT2D eigenvalue weighted by atomic mass is 10.1. The van der Waals surface area contributed by atoms with Crippen LogP contribution in [0.15, 0.2) is 36.5 Å². The Morgan fingerprint density at radius 2 is 1.93 bits per heavy atom. The van der Waals surface area contributed by atoms with E-state index in [1.807, 2.05) is 14.1 Å². The summed E-state index contributed by atoms with van der Waals surface area (Å²) >= 11 is 5.87. The summed E-state index contributed by atoms with van der Waals surface area (Å²) in [5.74, 6) is -0.0794. The number of hydrogen-bond acceptors (Lipinski definition) is 2. The Balaban J connectivity index is 0.00000196. The van der Waals surface area contributed by atoms with Crippen molar-refractivity contribution in [2.45, 2.75) is 0 Å². The summed E-state index contributed by atoms with van der Waals surface area (Å²) in [6.45, 7) is 0. The van der Waals surface area contributed by atoms with Crippen LogP contribution < -0.4 is 0 Å². The summed E-state index contributed by atoms with van der Waals surface area (Å²) in [6, 6.07) is 7.01. The van der Waals surface area contributed by atoms with E-state index < -0.39 is 0 Å². The van der Waals surface area contributed by atoms with Gasteiger partial charge in [0.05, 0.1) is 5.02 Å². The van der Waals surface area contributed by atoms with Gasteiger partial charge in [0.15, 0.2) is 5.78 Å². The van der Waals surface area contributed by atoms with Gasteiger partial charge in [0.2, 0.25) is 0 Å². The van der Waals surface area contributed by atoms with E-state index in [1.165, 1.54) is 6.08 Å². The molecule has 0 fully saturated rings. The van der Waals surface area contributed by atoms with Gasteiger partial charge in [-0.2, -0.15) is 0 Å². The van der Waals surface area contributed by atoms with Gasteiger partial charge in [-0.25, -0.2) is 0 Å². The molecule has 0 spiro atoms. The molecule has 0 amide bonds. The first-order chi connectivity index (χ1) is 6.61. The third-order valence-corrected chi connectivity index (χ3v) is 1.99. The predicted molar refractivity (Wildman–Crippen MR) is 65.9 cm³/mol. The molecule has 0 heterocycles. The van der Waals surface area contributed by atoms with Crippen molar-refractivity contribution in [3.63, 3.8) is 0 Å². The second-order valence-electron chi connectivity index (χ2n) is 3.12. The summed E-state index contributed by atoms with van der Waals surface area (Å²) in [5.41, 5.74) is 0.535. The minimum absolute atomic E-state index is 0. The quantitative estimate of drug-likeness (QED) is 0.603. The van der Waals surface area contributed by atoms with Crippen LogP contribution >= 0.6 is 24.0 Å². The number of allylic oxidation sites excluding steroid dienone is 1.